The van der Waals surface area contributed by atoms with E-state index in [1.807, 2.05) is 0 Å². The molecule has 2 amide bonds. The van der Waals surface area contributed by atoms with Crippen LogP contribution >= 0.6 is 0 Å². The number of carbonyl (C=O) groups excluding carboxylic acids is 2. The molecule has 1 aliphatic carbocycles. The van der Waals surface area contributed by atoms with Crippen molar-refractivity contribution in [3.8, 4) is 0 Å². The predicted molar refractivity (Wildman–Crippen MR) is 77.1 cm³/mol. The topological polar surface area (TPSA) is 78.7 Å². The van der Waals surface area contributed by atoms with E-state index in [1.54, 1.807) is 4.90 Å². The number of hydrogen-bond acceptors (Lipinski definition) is 4. The van der Waals surface area contributed by atoms with Gasteiger partial charge in [-0.05, 0) is 12.8 Å². The maximum absolute atomic E-state index is 12.0. The number of rotatable bonds is 4. The Labute approximate surface area is 120 Å². The molecule has 0 aromatic heterocycles. The average Bonchev–Trinajstić information content (AvgIpc) is 2.48. The summed E-state index contributed by atoms with van der Waals surface area (Å²) < 4.78 is 0. The van der Waals surface area contributed by atoms with E-state index in [2.05, 4.69) is 10.2 Å². The van der Waals surface area contributed by atoms with E-state index < -0.39 is 0 Å². The molecule has 6 nitrogen and oxygen atoms in total. The Balaban J connectivity index is 1.66. The zero-order valence-corrected chi connectivity index (χ0v) is 12.1. The SMILES string of the molecule is NCC(=O)N1CCN(CC(=O)NC2CCCCC2)CC1. The molecule has 0 unspecified atom stereocenters. The maximum Gasteiger partial charge on any atom is 0.236 e. The summed E-state index contributed by atoms with van der Waals surface area (Å²) in [5.74, 6) is 0.117. The second-order valence-corrected chi connectivity index (χ2v) is 5.76. The van der Waals surface area contributed by atoms with Gasteiger partial charge >= 0.3 is 0 Å². The van der Waals surface area contributed by atoms with Crippen LogP contribution in [0.5, 0.6) is 0 Å². The molecule has 1 aliphatic heterocycles. The normalized spacial score (nSPS) is 21.8. The summed E-state index contributed by atoms with van der Waals surface area (Å²) in [4.78, 5) is 27.3. The van der Waals surface area contributed by atoms with Crippen LogP contribution in [0.3, 0.4) is 0 Å². The Morgan fingerprint density at radius 1 is 1.05 bits per heavy atom. The Hall–Kier alpha value is -1.14. The van der Waals surface area contributed by atoms with E-state index in [-0.39, 0.29) is 18.4 Å². The third-order valence-electron chi connectivity index (χ3n) is 4.24. The Morgan fingerprint density at radius 3 is 2.30 bits per heavy atom. The summed E-state index contributed by atoms with van der Waals surface area (Å²) in [5, 5.41) is 3.13. The first-order valence-corrected chi connectivity index (χ1v) is 7.68. The van der Waals surface area contributed by atoms with Crippen LogP contribution in [0.1, 0.15) is 32.1 Å². The lowest BCUT2D eigenvalue weighted by Crippen LogP contribution is -2.53. The number of nitrogens with two attached hydrogens (primary N) is 1. The summed E-state index contributed by atoms with van der Waals surface area (Å²) in [5.41, 5.74) is 5.35. The molecule has 1 heterocycles. The van der Waals surface area contributed by atoms with Crippen molar-refractivity contribution in [3.05, 3.63) is 0 Å². The molecule has 114 valence electrons. The number of hydrogen-bond donors (Lipinski definition) is 2. The minimum absolute atomic E-state index is 0.00342. The summed E-state index contributed by atoms with van der Waals surface area (Å²) in [6.07, 6.45) is 5.98. The van der Waals surface area contributed by atoms with Gasteiger partial charge in [0.15, 0.2) is 0 Å². The zero-order valence-electron chi connectivity index (χ0n) is 12.1. The molecular formula is C14H26N4O2. The fraction of sp³-hybridized carbons (Fsp3) is 0.857. The van der Waals surface area contributed by atoms with Crippen LogP contribution in [-0.4, -0.2) is 66.9 Å². The number of carbonyl (C=O) groups is 2. The minimum atomic E-state index is -0.00342. The fourth-order valence-electron chi connectivity index (χ4n) is 3.01. The van der Waals surface area contributed by atoms with Crippen molar-refractivity contribution < 1.29 is 9.59 Å². The Bertz CT molecular complexity index is 334. The molecule has 1 saturated heterocycles. The standard InChI is InChI=1S/C14H26N4O2/c15-10-14(20)18-8-6-17(7-9-18)11-13(19)16-12-4-2-1-3-5-12/h12H,1-11,15H2,(H,16,19). The Morgan fingerprint density at radius 2 is 1.70 bits per heavy atom. The van der Waals surface area contributed by atoms with E-state index in [9.17, 15) is 9.59 Å². The lowest BCUT2D eigenvalue weighted by Gasteiger charge is -2.34. The quantitative estimate of drug-likeness (QED) is 0.731. The number of nitrogens with one attached hydrogen (secondary N) is 1. The van der Waals surface area contributed by atoms with Gasteiger partial charge in [0, 0.05) is 32.2 Å². The highest BCUT2D eigenvalue weighted by Crippen LogP contribution is 2.17. The first-order valence-electron chi connectivity index (χ1n) is 7.68. The van der Waals surface area contributed by atoms with E-state index in [4.69, 9.17) is 5.73 Å². The summed E-state index contributed by atoms with van der Waals surface area (Å²) >= 11 is 0. The summed E-state index contributed by atoms with van der Waals surface area (Å²) in [6, 6.07) is 0.372. The largest absolute Gasteiger partial charge is 0.352 e. The lowest BCUT2D eigenvalue weighted by molar-refractivity contribution is -0.131. The van der Waals surface area contributed by atoms with Gasteiger partial charge in [0.1, 0.15) is 0 Å². The molecule has 6 heteroatoms. The highest BCUT2D eigenvalue weighted by atomic mass is 16.2. The van der Waals surface area contributed by atoms with Gasteiger partial charge in [-0.25, -0.2) is 0 Å². The Kier molecular flexibility index (Phi) is 5.79. The van der Waals surface area contributed by atoms with E-state index >= 15 is 0 Å². The molecular weight excluding hydrogens is 256 g/mol. The van der Waals surface area contributed by atoms with Crippen molar-refractivity contribution in [1.82, 2.24) is 15.1 Å². The molecule has 2 fully saturated rings. The van der Waals surface area contributed by atoms with E-state index in [1.165, 1.54) is 19.3 Å². The van der Waals surface area contributed by atoms with Crippen LogP contribution < -0.4 is 11.1 Å². The van der Waals surface area contributed by atoms with Gasteiger partial charge in [-0.3, -0.25) is 14.5 Å². The molecule has 2 aliphatic rings. The predicted octanol–water partition coefficient (Wildman–Crippen LogP) is -0.462. The molecule has 0 atom stereocenters. The second kappa shape index (κ2) is 7.59. The minimum Gasteiger partial charge on any atom is -0.352 e. The average molecular weight is 282 g/mol. The van der Waals surface area contributed by atoms with Crippen LogP contribution in [0, 0.1) is 0 Å². The van der Waals surface area contributed by atoms with Crippen molar-refractivity contribution >= 4 is 11.8 Å². The van der Waals surface area contributed by atoms with Gasteiger partial charge in [0.05, 0.1) is 13.1 Å². The maximum atomic E-state index is 12.0. The highest BCUT2D eigenvalue weighted by molar-refractivity contribution is 5.79. The smallest absolute Gasteiger partial charge is 0.236 e. The third-order valence-corrected chi connectivity index (χ3v) is 4.24. The molecule has 0 bridgehead atoms. The summed E-state index contributed by atoms with van der Waals surface area (Å²) in [6.45, 7) is 3.37. The van der Waals surface area contributed by atoms with Crippen molar-refractivity contribution in [2.75, 3.05) is 39.3 Å². The zero-order chi connectivity index (χ0) is 14.4. The molecule has 1 saturated carbocycles. The van der Waals surface area contributed by atoms with Crippen LogP contribution in [0.25, 0.3) is 0 Å². The molecule has 0 aromatic rings. The van der Waals surface area contributed by atoms with Gasteiger partial charge in [0.25, 0.3) is 0 Å². The van der Waals surface area contributed by atoms with Gasteiger partial charge in [-0.1, -0.05) is 19.3 Å². The molecule has 2 rings (SSSR count). The first kappa shape index (κ1) is 15.3. The number of amides is 2. The van der Waals surface area contributed by atoms with Crippen molar-refractivity contribution in [3.63, 3.8) is 0 Å². The van der Waals surface area contributed by atoms with Crippen molar-refractivity contribution in [1.29, 1.82) is 0 Å². The molecule has 0 aromatic carbocycles. The monoisotopic (exact) mass is 282 g/mol. The molecule has 0 radical (unpaired) electrons. The van der Waals surface area contributed by atoms with Gasteiger partial charge in [-0.15, -0.1) is 0 Å². The van der Waals surface area contributed by atoms with Crippen LogP contribution in [-0.2, 0) is 9.59 Å². The first-order chi connectivity index (χ1) is 9.69. The van der Waals surface area contributed by atoms with Gasteiger partial charge < -0.3 is 16.0 Å². The molecule has 3 N–H and O–H groups in total. The second-order valence-electron chi connectivity index (χ2n) is 5.76. The highest BCUT2D eigenvalue weighted by Gasteiger charge is 2.22. The van der Waals surface area contributed by atoms with Gasteiger partial charge in [-0.2, -0.15) is 0 Å². The lowest BCUT2D eigenvalue weighted by atomic mass is 9.95. The van der Waals surface area contributed by atoms with Crippen LogP contribution in [0.4, 0.5) is 0 Å². The number of nitrogens with zero attached hydrogens (tertiary/aromatic N) is 2. The molecule has 20 heavy (non-hydrogen) atoms. The third kappa shape index (κ3) is 4.45. The van der Waals surface area contributed by atoms with Crippen LogP contribution in [0.2, 0.25) is 0 Å². The van der Waals surface area contributed by atoms with E-state index in [0.717, 1.165) is 25.9 Å². The summed E-state index contributed by atoms with van der Waals surface area (Å²) in [7, 11) is 0. The number of piperazine rings is 1. The van der Waals surface area contributed by atoms with Crippen molar-refractivity contribution in [2.45, 2.75) is 38.1 Å². The van der Waals surface area contributed by atoms with Gasteiger partial charge in [0.2, 0.25) is 11.8 Å². The van der Waals surface area contributed by atoms with Crippen molar-refractivity contribution in [2.24, 2.45) is 5.73 Å². The van der Waals surface area contributed by atoms with E-state index in [0.29, 0.717) is 25.7 Å². The fourth-order valence-corrected chi connectivity index (χ4v) is 3.01. The molecule has 0 spiro atoms. The van der Waals surface area contributed by atoms with Crippen LogP contribution in [0.15, 0.2) is 0 Å².